The number of carbonyl (C=O) groups is 1. The number of hydrogen-bond acceptors (Lipinski definition) is 5. The van der Waals surface area contributed by atoms with E-state index in [0.717, 1.165) is 54.7 Å². The van der Waals surface area contributed by atoms with Crippen LogP contribution in [0.25, 0.3) is 10.9 Å². The first-order chi connectivity index (χ1) is 11.7. The summed E-state index contributed by atoms with van der Waals surface area (Å²) < 4.78 is 10.4. The number of carbonyl (C=O) groups excluding carboxylic acids is 1. The molecule has 1 aromatic heterocycles. The summed E-state index contributed by atoms with van der Waals surface area (Å²) in [6, 6.07) is 6.12. The average Bonchev–Trinajstić information content (AvgIpc) is 2.99. The van der Waals surface area contributed by atoms with Crippen LogP contribution in [0.4, 0.5) is 0 Å². The predicted molar refractivity (Wildman–Crippen MR) is 91.9 cm³/mol. The Labute approximate surface area is 142 Å². The number of aromatic nitrogens is 2. The number of fused-ring (bicyclic) bond motifs is 1. The van der Waals surface area contributed by atoms with Crippen LogP contribution in [0.15, 0.2) is 18.2 Å². The van der Waals surface area contributed by atoms with E-state index in [4.69, 9.17) is 9.47 Å². The molecular weight excluding hydrogens is 306 g/mol. The number of ether oxygens (including phenoxy) is 2. The second kappa shape index (κ2) is 7.66. The molecule has 1 aliphatic heterocycles. The van der Waals surface area contributed by atoms with Crippen LogP contribution in [0.5, 0.6) is 5.75 Å². The Morgan fingerprint density at radius 3 is 3.08 bits per heavy atom. The van der Waals surface area contributed by atoms with Crippen LogP contribution < -0.4 is 4.74 Å². The fourth-order valence-corrected chi connectivity index (χ4v) is 3.40. The maximum atomic E-state index is 11.9. The van der Waals surface area contributed by atoms with E-state index in [9.17, 15) is 4.79 Å². The lowest BCUT2D eigenvalue weighted by Gasteiger charge is -2.34. The average molecular weight is 331 g/mol. The minimum absolute atomic E-state index is 0.106. The van der Waals surface area contributed by atoms with Gasteiger partial charge in [-0.1, -0.05) is 6.42 Å². The van der Waals surface area contributed by atoms with Crippen molar-refractivity contribution in [2.75, 3.05) is 20.3 Å². The van der Waals surface area contributed by atoms with Crippen molar-refractivity contribution in [3.63, 3.8) is 0 Å². The Bertz CT molecular complexity index is 698. The number of rotatable bonds is 6. The van der Waals surface area contributed by atoms with Crippen molar-refractivity contribution in [3.05, 3.63) is 23.9 Å². The number of nitrogens with one attached hydrogen (secondary N) is 1. The van der Waals surface area contributed by atoms with E-state index >= 15 is 0 Å². The molecule has 6 heteroatoms. The molecule has 0 spiro atoms. The summed E-state index contributed by atoms with van der Waals surface area (Å²) in [5.74, 6) is 0.720. The third-order valence-corrected chi connectivity index (χ3v) is 4.66. The minimum atomic E-state index is -0.106. The molecule has 130 valence electrons. The number of esters is 1. The molecule has 1 atom stereocenters. The molecule has 2 aromatic rings. The molecule has 6 nitrogen and oxygen atoms in total. The molecule has 1 fully saturated rings. The molecule has 0 unspecified atom stereocenters. The number of methoxy groups -OCH3 is 1. The first-order valence-corrected chi connectivity index (χ1v) is 8.62. The van der Waals surface area contributed by atoms with E-state index in [1.54, 1.807) is 7.11 Å². The van der Waals surface area contributed by atoms with Crippen LogP contribution in [0.1, 0.15) is 38.3 Å². The Morgan fingerprint density at radius 1 is 1.42 bits per heavy atom. The van der Waals surface area contributed by atoms with Crippen LogP contribution >= 0.6 is 0 Å². The van der Waals surface area contributed by atoms with Crippen LogP contribution in [0.3, 0.4) is 0 Å². The number of nitrogens with zero attached hydrogens (tertiary/aromatic N) is 2. The molecule has 1 saturated heterocycles. The van der Waals surface area contributed by atoms with Crippen molar-refractivity contribution in [1.82, 2.24) is 15.1 Å². The lowest BCUT2D eigenvalue weighted by Crippen LogP contribution is -2.40. The highest BCUT2D eigenvalue weighted by atomic mass is 16.5. The van der Waals surface area contributed by atoms with Gasteiger partial charge in [0.2, 0.25) is 0 Å². The van der Waals surface area contributed by atoms with E-state index in [0.29, 0.717) is 13.0 Å². The summed E-state index contributed by atoms with van der Waals surface area (Å²) in [6.07, 6.45) is 3.82. The lowest BCUT2D eigenvalue weighted by molar-refractivity contribution is -0.145. The fourth-order valence-electron chi connectivity index (χ4n) is 3.40. The molecule has 0 radical (unpaired) electrons. The first kappa shape index (κ1) is 16.8. The molecule has 0 amide bonds. The standard InChI is InChI=1S/C18H25N3O3/c1-3-24-18(22)10-13-6-4-5-9-21(13)12-17-15-11-14(23-2)7-8-16(15)19-20-17/h7-8,11,13H,3-6,9-10,12H2,1-2H3,(H,19,20)/t13-/m1/s1. The van der Waals surface area contributed by atoms with Gasteiger partial charge in [-0.2, -0.15) is 5.10 Å². The topological polar surface area (TPSA) is 67.5 Å². The van der Waals surface area contributed by atoms with E-state index < -0.39 is 0 Å². The minimum Gasteiger partial charge on any atom is -0.497 e. The Kier molecular flexibility index (Phi) is 5.35. The second-order valence-electron chi connectivity index (χ2n) is 6.21. The molecule has 1 aliphatic rings. The maximum Gasteiger partial charge on any atom is 0.307 e. The van der Waals surface area contributed by atoms with Crippen LogP contribution in [0.2, 0.25) is 0 Å². The van der Waals surface area contributed by atoms with Gasteiger partial charge < -0.3 is 9.47 Å². The summed E-state index contributed by atoms with van der Waals surface area (Å²) in [6.45, 7) is 4.04. The quantitative estimate of drug-likeness (QED) is 0.825. The van der Waals surface area contributed by atoms with Gasteiger partial charge in [0.25, 0.3) is 0 Å². The van der Waals surface area contributed by atoms with E-state index in [1.165, 1.54) is 0 Å². The molecule has 1 aromatic carbocycles. The van der Waals surface area contributed by atoms with Crippen LogP contribution in [-0.4, -0.2) is 47.4 Å². The third kappa shape index (κ3) is 3.70. The maximum absolute atomic E-state index is 11.9. The summed E-state index contributed by atoms with van der Waals surface area (Å²) in [4.78, 5) is 14.2. The number of likely N-dealkylation sites (tertiary alicyclic amines) is 1. The first-order valence-electron chi connectivity index (χ1n) is 8.62. The number of hydrogen-bond donors (Lipinski definition) is 1. The van der Waals surface area contributed by atoms with E-state index in [-0.39, 0.29) is 12.0 Å². The van der Waals surface area contributed by atoms with Crippen molar-refractivity contribution in [2.24, 2.45) is 0 Å². The van der Waals surface area contributed by atoms with Gasteiger partial charge in [-0.05, 0) is 44.5 Å². The van der Waals surface area contributed by atoms with Crippen molar-refractivity contribution < 1.29 is 14.3 Å². The van der Waals surface area contributed by atoms with Gasteiger partial charge in [-0.25, -0.2) is 0 Å². The fraction of sp³-hybridized carbons (Fsp3) is 0.556. The van der Waals surface area contributed by atoms with Gasteiger partial charge in [0.05, 0.1) is 31.3 Å². The van der Waals surface area contributed by atoms with Crippen molar-refractivity contribution in [3.8, 4) is 5.75 Å². The summed E-state index contributed by atoms with van der Waals surface area (Å²) in [7, 11) is 1.67. The summed E-state index contributed by atoms with van der Waals surface area (Å²) >= 11 is 0. The SMILES string of the molecule is CCOC(=O)C[C@H]1CCCCN1Cc1[nH]nc2ccc(OC)cc12. The Morgan fingerprint density at radius 2 is 2.29 bits per heavy atom. The highest BCUT2D eigenvalue weighted by molar-refractivity contribution is 5.82. The molecule has 1 N–H and O–H groups in total. The number of H-pyrrole nitrogens is 1. The second-order valence-corrected chi connectivity index (χ2v) is 6.21. The zero-order valence-corrected chi connectivity index (χ0v) is 14.4. The summed E-state index contributed by atoms with van der Waals surface area (Å²) in [5.41, 5.74) is 2.00. The smallest absolute Gasteiger partial charge is 0.307 e. The normalized spacial score (nSPS) is 18.7. The molecule has 24 heavy (non-hydrogen) atoms. The number of aromatic amines is 1. The van der Waals surface area contributed by atoms with Crippen molar-refractivity contribution >= 4 is 16.9 Å². The third-order valence-electron chi connectivity index (χ3n) is 4.66. The Hall–Kier alpha value is -2.08. The number of piperidine rings is 1. The predicted octanol–water partition coefficient (Wildman–Crippen LogP) is 2.88. The zero-order valence-electron chi connectivity index (χ0n) is 14.4. The largest absolute Gasteiger partial charge is 0.497 e. The molecule has 2 heterocycles. The highest BCUT2D eigenvalue weighted by Crippen LogP contribution is 2.26. The van der Waals surface area contributed by atoms with Crippen LogP contribution in [-0.2, 0) is 16.1 Å². The van der Waals surface area contributed by atoms with Crippen LogP contribution in [0, 0.1) is 0 Å². The monoisotopic (exact) mass is 331 g/mol. The van der Waals surface area contributed by atoms with Gasteiger partial charge in [0.1, 0.15) is 5.75 Å². The lowest BCUT2D eigenvalue weighted by atomic mass is 9.99. The van der Waals surface area contributed by atoms with E-state index in [1.807, 2.05) is 25.1 Å². The molecular formula is C18H25N3O3. The molecule has 3 rings (SSSR count). The van der Waals surface area contributed by atoms with Gasteiger partial charge in [0.15, 0.2) is 0 Å². The Balaban J connectivity index is 1.76. The van der Waals surface area contributed by atoms with Gasteiger partial charge in [-0.3, -0.25) is 14.8 Å². The van der Waals surface area contributed by atoms with Crippen molar-refractivity contribution in [1.29, 1.82) is 0 Å². The van der Waals surface area contributed by atoms with Gasteiger partial charge in [0, 0.05) is 18.0 Å². The molecule has 0 aliphatic carbocycles. The highest BCUT2D eigenvalue weighted by Gasteiger charge is 2.26. The van der Waals surface area contributed by atoms with E-state index in [2.05, 4.69) is 15.1 Å². The zero-order chi connectivity index (χ0) is 16.9. The molecule has 0 bridgehead atoms. The number of benzene rings is 1. The molecule has 0 saturated carbocycles. The summed E-state index contributed by atoms with van der Waals surface area (Å²) in [5, 5.41) is 8.60. The van der Waals surface area contributed by atoms with Gasteiger partial charge >= 0.3 is 5.97 Å². The van der Waals surface area contributed by atoms with Gasteiger partial charge in [-0.15, -0.1) is 0 Å². The van der Waals surface area contributed by atoms with Crippen molar-refractivity contribution in [2.45, 2.75) is 45.2 Å².